The lowest BCUT2D eigenvalue weighted by Gasteiger charge is -2.14. The molecule has 3 N–H and O–H groups in total. The van der Waals surface area contributed by atoms with E-state index in [1.165, 1.54) is 7.11 Å². The van der Waals surface area contributed by atoms with Gasteiger partial charge in [0.25, 0.3) is 0 Å². The van der Waals surface area contributed by atoms with Crippen molar-refractivity contribution in [2.75, 3.05) is 20.3 Å². The van der Waals surface area contributed by atoms with Crippen LogP contribution in [0, 0.1) is 0 Å². The molecule has 0 aromatic heterocycles. The number of ether oxygens (including phenoxy) is 2. The van der Waals surface area contributed by atoms with Crippen molar-refractivity contribution < 1.29 is 19.4 Å². The highest BCUT2D eigenvalue weighted by atomic mass is 16.6. The molecule has 5 nitrogen and oxygen atoms in total. The van der Waals surface area contributed by atoms with E-state index in [-0.39, 0.29) is 12.7 Å². The minimum absolute atomic E-state index is 0.0718. The fraction of sp³-hybridized carbons (Fsp3) is 0.857. The lowest BCUT2D eigenvalue weighted by molar-refractivity contribution is 0.0359. The van der Waals surface area contributed by atoms with E-state index in [0.29, 0.717) is 19.4 Å². The predicted molar refractivity (Wildman–Crippen MR) is 42.7 cm³/mol. The van der Waals surface area contributed by atoms with Gasteiger partial charge in [-0.2, -0.15) is 0 Å². The summed E-state index contributed by atoms with van der Waals surface area (Å²) in [5.41, 5.74) is 4.82. The Morgan fingerprint density at radius 2 is 2.33 bits per heavy atom. The Morgan fingerprint density at radius 1 is 1.67 bits per heavy atom. The molecule has 0 unspecified atom stereocenters. The molecule has 0 saturated heterocycles. The molecule has 0 aliphatic heterocycles. The molecule has 0 bridgehead atoms. The summed E-state index contributed by atoms with van der Waals surface area (Å²) in [4.78, 5) is 10.3. The number of amides is 1. The highest BCUT2D eigenvalue weighted by Crippen LogP contribution is 2.02. The molecule has 0 saturated carbocycles. The van der Waals surface area contributed by atoms with Crippen LogP contribution in [-0.4, -0.2) is 37.6 Å². The predicted octanol–water partition coefficient (Wildman–Crippen LogP) is -0.131. The fourth-order valence-corrected chi connectivity index (χ4v) is 0.845. The van der Waals surface area contributed by atoms with Gasteiger partial charge < -0.3 is 20.3 Å². The van der Waals surface area contributed by atoms with Crippen LogP contribution in [-0.2, 0) is 9.47 Å². The van der Waals surface area contributed by atoms with Crippen LogP contribution in [0.2, 0.25) is 0 Å². The number of carbonyl (C=O) groups excluding carboxylic acids is 1. The quantitative estimate of drug-likeness (QED) is 0.592. The highest BCUT2D eigenvalue weighted by molar-refractivity contribution is 5.64. The summed E-state index contributed by atoms with van der Waals surface area (Å²) in [6, 6.07) is 0. The van der Waals surface area contributed by atoms with E-state index in [9.17, 15) is 4.79 Å². The van der Waals surface area contributed by atoms with Gasteiger partial charge in [-0.1, -0.05) is 0 Å². The first kappa shape index (κ1) is 11.2. The lowest BCUT2D eigenvalue weighted by Crippen LogP contribution is -2.26. The fourth-order valence-electron chi connectivity index (χ4n) is 0.845. The minimum atomic E-state index is -0.810. The van der Waals surface area contributed by atoms with Gasteiger partial charge in [0, 0.05) is 13.7 Å². The molecule has 5 heteroatoms. The maximum Gasteiger partial charge on any atom is 0.404 e. The number of nitrogens with two attached hydrogens (primary N) is 1. The van der Waals surface area contributed by atoms with Gasteiger partial charge in [0.1, 0.15) is 6.10 Å². The first-order valence-electron chi connectivity index (χ1n) is 3.76. The topological polar surface area (TPSA) is 81.8 Å². The number of methoxy groups -OCH3 is 1. The molecule has 0 heterocycles. The second-order valence-corrected chi connectivity index (χ2v) is 2.38. The number of aliphatic hydroxyl groups excluding tert-OH is 1. The van der Waals surface area contributed by atoms with Crippen molar-refractivity contribution in [1.29, 1.82) is 0 Å². The molecular formula is C7H15NO4. The van der Waals surface area contributed by atoms with Gasteiger partial charge >= 0.3 is 6.09 Å². The van der Waals surface area contributed by atoms with Gasteiger partial charge in [-0.05, 0) is 12.8 Å². The van der Waals surface area contributed by atoms with Crippen LogP contribution in [0.15, 0.2) is 0 Å². The van der Waals surface area contributed by atoms with Crippen LogP contribution in [0.3, 0.4) is 0 Å². The molecule has 12 heavy (non-hydrogen) atoms. The van der Waals surface area contributed by atoms with Gasteiger partial charge in [-0.3, -0.25) is 0 Å². The Bertz CT molecular complexity index is 129. The molecule has 0 aliphatic rings. The molecule has 1 atom stereocenters. The number of aliphatic hydroxyl groups is 1. The van der Waals surface area contributed by atoms with E-state index in [1.807, 2.05) is 0 Å². The number of hydrogen-bond donors (Lipinski definition) is 2. The Morgan fingerprint density at radius 3 is 2.75 bits per heavy atom. The maximum absolute atomic E-state index is 10.3. The SMILES string of the molecule is COC[C@@H](CCCO)OC(N)=O. The Balaban J connectivity index is 3.61. The van der Waals surface area contributed by atoms with Crippen molar-refractivity contribution in [2.24, 2.45) is 5.73 Å². The molecule has 72 valence electrons. The Labute approximate surface area is 71.5 Å². The summed E-state index contributed by atoms with van der Waals surface area (Å²) in [7, 11) is 1.51. The Hall–Kier alpha value is -0.810. The van der Waals surface area contributed by atoms with E-state index in [2.05, 4.69) is 0 Å². The number of carbonyl (C=O) groups is 1. The maximum atomic E-state index is 10.3. The van der Waals surface area contributed by atoms with E-state index < -0.39 is 6.09 Å². The zero-order valence-corrected chi connectivity index (χ0v) is 7.16. The van der Waals surface area contributed by atoms with E-state index >= 15 is 0 Å². The Kier molecular flexibility index (Phi) is 6.41. The van der Waals surface area contributed by atoms with Gasteiger partial charge in [0.05, 0.1) is 6.61 Å². The normalized spacial score (nSPS) is 12.5. The minimum Gasteiger partial charge on any atom is -0.444 e. The average Bonchev–Trinajstić information content (AvgIpc) is 2.00. The van der Waals surface area contributed by atoms with Crippen molar-refractivity contribution in [3.05, 3.63) is 0 Å². The molecule has 1 amide bonds. The smallest absolute Gasteiger partial charge is 0.404 e. The van der Waals surface area contributed by atoms with E-state index in [1.54, 1.807) is 0 Å². The number of hydrogen-bond acceptors (Lipinski definition) is 4. The second kappa shape index (κ2) is 6.87. The van der Waals surface area contributed by atoms with Crippen LogP contribution < -0.4 is 5.73 Å². The molecule has 0 rings (SSSR count). The van der Waals surface area contributed by atoms with Crippen molar-refractivity contribution in [3.8, 4) is 0 Å². The molecule has 0 aromatic carbocycles. The average molecular weight is 177 g/mol. The van der Waals surface area contributed by atoms with Crippen LogP contribution >= 0.6 is 0 Å². The summed E-state index contributed by atoms with van der Waals surface area (Å²) in [5, 5.41) is 8.50. The number of rotatable bonds is 6. The molecule has 0 fully saturated rings. The van der Waals surface area contributed by atoms with Crippen molar-refractivity contribution >= 4 is 6.09 Å². The summed E-state index contributed by atoms with van der Waals surface area (Å²) in [5.74, 6) is 0. The van der Waals surface area contributed by atoms with E-state index in [4.69, 9.17) is 20.3 Å². The third-order valence-corrected chi connectivity index (χ3v) is 1.32. The third-order valence-electron chi connectivity index (χ3n) is 1.32. The summed E-state index contributed by atoms with van der Waals surface area (Å²) >= 11 is 0. The zero-order chi connectivity index (χ0) is 9.40. The zero-order valence-electron chi connectivity index (χ0n) is 7.16. The largest absolute Gasteiger partial charge is 0.444 e. The van der Waals surface area contributed by atoms with Gasteiger partial charge in [-0.15, -0.1) is 0 Å². The molecule has 0 radical (unpaired) electrons. The van der Waals surface area contributed by atoms with Crippen LogP contribution in [0.1, 0.15) is 12.8 Å². The van der Waals surface area contributed by atoms with Gasteiger partial charge in [0.15, 0.2) is 0 Å². The summed E-state index contributed by atoms with van der Waals surface area (Å²) < 4.78 is 9.48. The first-order chi connectivity index (χ1) is 5.70. The summed E-state index contributed by atoms with van der Waals surface area (Å²) in [6.45, 7) is 0.380. The van der Waals surface area contributed by atoms with Gasteiger partial charge in [0.2, 0.25) is 0 Å². The van der Waals surface area contributed by atoms with E-state index in [0.717, 1.165) is 0 Å². The number of primary amides is 1. The van der Waals surface area contributed by atoms with Crippen molar-refractivity contribution in [1.82, 2.24) is 0 Å². The molecule has 0 aliphatic carbocycles. The lowest BCUT2D eigenvalue weighted by atomic mass is 10.2. The molecular weight excluding hydrogens is 162 g/mol. The molecule has 0 aromatic rings. The monoisotopic (exact) mass is 177 g/mol. The first-order valence-corrected chi connectivity index (χ1v) is 3.76. The van der Waals surface area contributed by atoms with Crippen molar-refractivity contribution in [3.63, 3.8) is 0 Å². The third kappa shape index (κ3) is 5.94. The van der Waals surface area contributed by atoms with Crippen LogP contribution in [0.5, 0.6) is 0 Å². The van der Waals surface area contributed by atoms with Crippen molar-refractivity contribution in [2.45, 2.75) is 18.9 Å². The standard InChI is InChI=1S/C7H15NO4/c1-11-5-6(3-2-4-9)12-7(8)10/h6,9H,2-5H2,1H3,(H2,8,10)/t6-/m1/s1. The molecule has 0 spiro atoms. The van der Waals surface area contributed by atoms with Crippen LogP contribution in [0.25, 0.3) is 0 Å². The summed E-state index contributed by atoms with van der Waals surface area (Å²) in [6.07, 6.45) is -0.0242. The van der Waals surface area contributed by atoms with Crippen LogP contribution in [0.4, 0.5) is 4.79 Å². The highest BCUT2D eigenvalue weighted by Gasteiger charge is 2.10. The van der Waals surface area contributed by atoms with Gasteiger partial charge in [-0.25, -0.2) is 4.79 Å². The second-order valence-electron chi connectivity index (χ2n) is 2.38.